The van der Waals surface area contributed by atoms with E-state index in [9.17, 15) is 4.79 Å². The number of benzene rings is 1. The molecule has 0 aliphatic carbocycles. The number of hydrogen-bond donors (Lipinski definition) is 1. The van der Waals surface area contributed by atoms with Crippen LogP contribution >= 0.6 is 0 Å². The summed E-state index contributed by atoms with van der Waals surface area (Å²) in [6.07, 6.45) is 0. The lowest BCUT2D eigenvalue weighted by molar-refractivity contribution is -0.126. The van der Waals surface area contributed by atoms with E-state index in [1.54, 1.807) is 19.1 Å². The highest BCUT2D eigenvalue weighted by molar-refractivity contribution is 5.76. The van der Waals surface area contributed by atoms with Crippen molar-refractivity contribution < 1.29 is 9.53 Å². The van der Waals surface area contributed by atoms with Crippen molar-refractivity contribution >= 4 is 5.91 Å². The highest BCUT2D eigenvalue weighted by Crippen LogP contribution is 2.11. The molecule has 0 saturated carbocycles. The van der Waals surface area contributed by atoms with Gasteiger partial charge in [0.2, 0.25) is 0 Å². The van der Waals surface area contributed by atoms with Crippen LogP contribution in [0.25, 0.3) is 0 Å². The fourth-order valence-corrected chi connectivity index (χ4v) is 1.14. The predicted octanol–water partition coefficient (Wildman–Crippen LogP) is 0.967. The van der Waals surface area contributed by atoms with Crippen molar-refractivity contribution in [2.75, 3.05) is 20.7 Å². The predicted molar refractivity (Wildman–Crippen MR) is 58.5 cm³/mol. The van der Waals surface area contributed by atoms with Crippen molar-refractivity contribution in [3.8, 4) is 5.75 Å². The Bertz CT molecular complexity index is 337. The van der Waals surface area contributed by atoms with E-state index in [1.807, 2.05) is 31.2 Å². The molecule has 0 fully saturated rings. The van der Waals surface area contributed by atoms with Gasteiger partial charge in [-0.25, -0.2) is 5.01 Å². The first-order valence-electron chi connectivity index (χ1n) is 4.74. The topological polar surface area (TPSA) is 41.6 Å². The van der Waals surface area contributed by atoms with Gasteiger partial charge in [0.05, 0.1) is 0 Å². The number of ether oxygens (including phenoxy) is 1. The van der Waals surface area contributed by atoms with Crippen LogP contribution in [-0.4, -0.2) is 31.6 Å². The Hall–Kier alpha value is -1.55. The number of rotatable bonds is 4. The Labute approximate surface area is 89.8 Å². The quantitative estimate of drug-likeness (QED) is 0.749. The fourth-order valence-electron chi connectivity index (χ4n) is 1.14. The molecule has 4 heteroatoms. The summed E-state index contributed by atoms with van der Waals surface area (Å²) in [5, 5.41) is 1.59. The second-order valence-electron chi connectivity index (χ2n) is 3.53. The van der Waals surface area contributed by atoms with Crippen LogP contribution in [0.3, 0.4) is 0 Å². The normalized spacial score (nSPS) is 10.1. The molecule has 0 radical (unpaired) electrons. The summed E-state index contributed by atoms with van der Waals surface area (Å²) in [6, 6.07) is 7.60. The van der Waals surface area contributed by atoms with E-state index in [2.05, 4.69) is 5.43 Å². The van der Waals surface area contributed by atoms with Crippen molar-refractivity contribution in [2.45, 2.75) is 6.92 Å². The maximum Gasteiger partial charge on any atom is 0.272 e. The van der Waals surface area contributed by atoms with E-state index in [-0.39, 0.29) is 12.5 Å². The first-order chi connectivity index (χ1) is 7.08. The van der Waals surface area contributed by atoms with E-state index >= 15 is 0 Å². The molecule has 0 atom stereocenters. The molecule has 1 aromatic rings. The number of nitrogens with one attached hydrogen (secondary N) is 1. The summed E-state index contributed by atoms with van der Waals surface area (Å²) in [6.45, 7) is 2.01. The first-order valence-corrected chi connectivity index (χ1v) is 4.74. The zero-order chi connectivity index (χ0) is 11.3. The maximum atomic E-state index is 11.2. The van der Waals surface area contributed by atoms with Crippen molar-refractivity contribution in [2.24, 2.45) is 0 Å². The van der Waals surface area contributed by atoms with E-state index < -0.39 is 0 Å². The maximum absolute atomic E-state index is 11.2. The fraction of sp³-hybridized carbons (Fsp3) is 0.364. The van der Waals surface area contributed by atoms with E-state index in [4.69, 9.17) is 4.74 Å². The third-order valence-electron chi connectivity index (χ3n) is 1.71. The molecular weight excluding hydrogens is 192 g/mol. The van der Waals surface area contributed by atoms with Crippen LogP contribution in [-0.2, 0) is 4.79 Å². The molecule has 1 amide bonds. The minimum Gasteiger partial charge on any atom is -0.484 e. The SMILES string of the molecule is Cc1cccc(OCC(=O)NN(C)C)c1. The van der Waals surface area contributed by atoms with Crippen molar-refractivity contribution in [3.05, 3.63) is 29.8 Å². The molecule has 1 rings (SSSR count). The van der Waals surface area contributed by atoms with Crippen LogP contribution in [0.1, 0.15) is 5.56 Å². The molecule has 15 heavy (non-hydrogen) atoms. The molecular formula is C11H16N2O2. The number of hydrogen-bond acceptors (Lipinski definition) is 3. The third-order valence-corrected chi connectivity index (χ3v) is 1.71. The minimum absolute atomic E-state index is 0.0294. The van der Waals surface area contributed by atoms with Crippen molar-refractivity contribution in [1.82, 2.24) is 10.4 Å². The van der Waals surface area contributed by atoms with Gasteiger partial charge in [-0.3, -0.25) is 10.2 Å². The lowest BCUT2D eigenvalue weighted by atomic mass is 10.2. The Kier molecular flexibility index (Phi) is 4.12. The van der Waals surface area contributed by atoms with Crippen LogP contribution in [0.15, 0.2) is 24.3 Å². The average Bonchev–Trinajstić information content (AvgIpc) is 2.14. The van der Waals surface area contributed by atoms with Gasteiger partial charge in [0.25, 0.3) is 5.91 Å². The van der Waals surface area contributed by atoms with Gasteiger partial charge in [-0.2, -0.15) is 0 Å². The van der Waals surface area contributed by atoms with Crippen molar-refractivity contribution in [1.29, 1.82) is 0 Å². The van der Waals surface area contributed by atoms with Crippen LogP contribution in [0.5, 0.6) is 5.75 Å². The molecule has 0 heterocycles. The Morgan fingerprint density at radius 3 is 2.80 bits per heavy atom. The number of amides is 1. The zero-order valence-electron chi connectivity index (χ0n) is 9.28. The molecule has 0 aliphatic rings. The summed E-state index contributed by atoms with van der Waals surface area (Å²) in [5.74, 6) is 0.547. The Morgan fingerprint density at radius 1 is 1.47 bits per heavy atom. The molecule has 1 N–H and O–H groups in total. The standard InChI is InChI=1S/C11H16N2O2/c1-9-5-4-6-10(7-9)15-8-11(14)12-13(2)3/h4-7H,8H2,1-3H3,(H,12,14). The molecule has 4 nitrogen and oxygen atoms in total. The highest BCUT2D eigenvalue weighted by Gasteiger charge is 2.02. The van der Waals surface area contributed by atoms with Gasteiger partial charge in [0, 0.05) is 14.1 Å². The molecule has 0 spiro atoms. The monoisotopic (exact) mass is 208 g/mol. The molecule has 1 aromatic carbocycles. The lowest BCUT2D eigenvalue weighted by Crippen LogP contribution is -2.39. The third kappa shape index (κ3) is 4.46. The Morgan fingerprint density at radius 2 is 2.20 bits per heavy atom. The van der Waals surface area contributed by atoms with Gasteiger partial charge in [0.1, 0.15) is 5.75 Å². The van der Waals surface area contributed by atoms with Gasteiger partial charge in [-0.1, -0.05) is 12.1 Å². The molecule has 0 bridgehead atoms. The van der Waals surface area contributed by atoms with Crippen LogP contribution in [0, 0.1) is 6.92 Å². The van der Waals surface area contributed by atoms with Gasteiger partial charge in [-0.15, -0.1) is 0 Å². The molecule has 0 aromatic heterocycles. The lowest BCUT2D eigenvalue weighted by Gasteiger charge is -2.12. The summed E-state index contributed by atoms with van der Waals surface area (Å²) in [7, 11) is 3.51. The molecule has 0 saturated heterocycles. The number of nitrogens with zero attached hydrogens (tertiary/aromatic N) is 1. The van der Waals surface area contributed by atoms with Gasteiger partial charge in [-0.05, 0) is 24.6 Å². The molecule has 82 valence electrons. The Balaban J connectivity index is 2.40. The average molecular weight is 208 g/mol. The van der Waals surface area contributed by atoms with E-state index in [1.165, 1.54) is 0 Å². The molecule has 0 unspecified atom stereocenters. The van der Waals surface area contributed by atoms with Crippen LogP contribution in [0.4, 0.5) is 0 Å². The first kappa shape index (κ1) is 11.5. The van der Waals surface area contributed by atoms with E-state index in [0.717, 1.165) is 5.56 Å². The van der Waals surface area contributed by atoms with Gasteiger partial charge < -0.3 is 4.74 Å². The smallest absolute Gasteiger partial charge is 0.272 e. The van der Waals surface area contributed by atoms with Gasteiger partial charge in [0.15, 0.2) is 6.61 Å². The number of hydrazine groups is 1. The second-order valence-corrected chi connectivity index (χ2v) is 3.53. The highest BCUT2D eigenvalue weighted by atomic mass is 16.5. The number of carbonyl (C=O) groups excluding carboxylic acids is 1. The minimum atomic E-state index is -0.165. The summed E-state index contributed by atoms with van der Waals surface area (Å²) >= 11 is 0. The summed E-state index contributed by atoms with van der Waals surface area (Å²) in [5.41, 5.74) is 3.71. The van der Waals surface area contributed by atoms with Crippen molar-refractivity contribution in [3.63, 3.8) is 0 Å². The second kappa shape index (κ2) is 5.36. The largest absolute Gasteiger partial charge is 0.484 e. The van der Waals surface area contributed by atoms with Crippen LogP contribution in [0.2, 0.25) is 0 Å². The zero-order valence-corrected chi connectivity index (χ0v) is 9.28. The summed E-state index contributed by atoms with van der Waals surface area (Å²) < 4.78 is 5.31. The van der Waals surface area contributed by atoms with Gasteiger partial charge >= 0.3 is 0 Å². The van der Waals surface area contributed by atoms with Crippen LogP contribution < -0.4 is 10.2 Å². The molecule has 0 aliphatic heterocycles. The summed E-state index contributed by atoms with van der Waals surface area (Å²) in [4.78, 5) is 11.2. The number of aryl methyl sites for hydroxylation is 1. The number of carbonyl (C=O) groups is 1. The van der Waals surface area contributed by atoms with E-state index in [0.29, 0.717) is 5.75 Å².